The van der Waals surface area contributed by atoms with Crippen LogP contribution in [0, 0.1) is 6.92 Å². The Morgan fingerprint density at radius 3 is 2.25 bits per heavy atom. The Hall–Kier alpha value is -0.870. The molecule has 110 valence electrons. The van der Waals surface area contributed by atoms with Gasteiger partial charge in [0.15, 0.2) is 0 Å². The minimum atomic E-state index is -0.325. The molecule has 0 aromatic heterocycles. The highest BCUT2D eigenvalue weighted by Crippen LogP contribution is 2.30. The Labute approximate surface area is 129 Å². The highest BCUT2D eigenvalue weighted by molar-refractivity contribution is 9.10. The SMILES string of the molecule is Cc1ccc(C(=O)N2CC(C)(C)OC(C)(C)C2)c(Br)c1. The second-order valence-electron chi connectivity index (χ2n) is 6.77. The van der Waals surface area contributed by atoms with Gasteiger partial charge in [0.2, 0.25) is 0 Å². The average molecular weight is 340 g/mol. The molecule has 0 saturated carbocycles. The average Bonchev–Trinajstić information content (AvgIpc) is 2.23. The van der Waals surface area contributed by atoms with Crippen LogP contribution in [-0.2, 0) is 4.74 Å². The molecule has 2 rings (SSSR count). The summed E-state index contributed by atoms with van der Waals surface area (Å²) in [5, 5.41) is 0. The summed E-state index contributed by atoms with van der Waals surface area (Å²) < 4.78 is 6.87. The summed E-state index contributed by atoms with van der Waals surface area (Å²) in [5.74, 6) is 0.0568. The maximum Gasteiger partial charge on any atom is 0.255 e. The van der Waals surface area contributed by atoms with Crippen LogP contribution in [0.15, 0.2) is 22.7 Å². The lowest BCUT2D eigenvalue weighted by Gasteiger charge is -2.47. The standard InChI is InChI=1S/C16H22BrNO2/c1-11-6-7-12(13(17)8-11)14(19)18-9-15(2,3)20-16(4,5)10-18/h6-8H,9-10H2,1-5H3. The van der Waals surface area contributed by atoms with Crippen LogP contribution in [0.3, 0.4) is 0 Å². The van der Waals surface area contributed by atoms with Crippen molar-refractivity contribution in [3.05, 3.63) is 33.8 Å². The van der Waals surface area contributed by atoms with E-state index in [1.165, 1.54) is 0 Å². The number of hydrogen-bond donors (Lipinski definition) is 0. The van der Waals surface area contributed by atoms with E-state index in [4.69, 9.17) is 4.74 Å². The fourth-order valence-corrected chi connectivity index (χ4v) is 3.56. The lowest BCUT2D eigenvalue weighted by Crippen LogP contribution is -2.58. The van der Waals surface area contributed by atoms with Gasteiger partial charge < -0.3 is 9.64 Å². The van der Waals surface area contributed by atoms with Crippen LogP contribution in [0.1, 0.15) is 43.6 Å². The zero-order chi connectivity index (χ0) is 15.1. The molecule has 1 fully saturated rings. The van der Waals surface area contributed by atoms with Gasteiger partial charge in [-0.05, 0) is 68.2 Å². The van der Waals surface area contributed by atoms with Crippen molar-refractivity contribution in [1.82, 2.24) is 4.90 Å². The van der Waals surface area contributed by atoms with Crippen LogP contribution in [0.5, 0.6) is 0 Å². The predicted molar refractivity (Wildman–Crippen MR) is 84.0 cm³/mol. The maximum atomic E-state index is 12.7. The van der Waals surface area contributed by atoms with Gasteiger partial charge in [-0.15, -0.1) is 0 Å². The van der Waals surface area contributed by atoms with Crippen LogP contribution in [-0.4, -0.2) is 35.1 Å². The fourth-order valence-electron chi connectivity index (χ4n) is 2.90. The normalized spacial score (nSPS) is 20.8. The van der Waals surface area contributed by atoms with Crippen LogP contribution in [0.4, 0.5) is 0 Å². The van der Waals surface area contributed by atoms with Gasteiger partial charge in [0, 0.05) is 17.6 Å². The first-order valence-corrected chi connectivity index (χ1v) is 7.65. The summed E-state index contributed by atoms with van der Waals surface area (Å²) in [6.45, 7) is 11.3. The largest absolute Gasteiger partial charge is 0.366 e. The Morgan fingerprint density at radius 2 is 1.75 bits per heavy atom. The number of aryl methyl sites for hydroxylation is 1. The van der Waals surface area contributed by atoms with E-state index in [-0.39, 0.29) is 17.1 Å². The molecule has 4 heteroatoms. The van der Waals surface area contributed by atoms with Gasteiger partial charge in [0.05, 0.1) is 16.8 Å². The highest BCUT2D eigenvalue weighted by Gasteiger charge is 2.40. The molecule has 1 aliphatic rings. The number of morpholine rings is 1. The number of carbonyl (C=O) groups is 1. The molecule has 1 heterocycles. The summed E-state index contributed by atoms with van der Waals surface area (Å²) >= 11 is 3.49. The molecule has 0 aliphatic carbocycles. The number of nitrogens with zero attached hydrogens (tertiary/aromatic N) is 1. The molecule has 1 aromatic rings. The van der Waals surface area contributed by atoms with E-state index in [1.807, 2.05) is 57.7 Å². The minimum absolute atomic E-state index is 0.0568. The summed E-state index contributed by atoms with van der Waals surface area (Å²) in [6.07, 6.45) is 0. The van der Waals surface area contributed by atoms with Crippen molar-refractivity contribution < 1.29 is 9.53 Å². The summed E-state index contributed by atoms with van der Waals surface area (Å²) in [5.41, 5.74) is 1.20. The van der Waals surface area contributed by atoms with Crippen molar-refractivity contribution >= 4 is 21.8 Å². The van der Waals surface area contributed by atoms with Crippen LogP contribution in [0.2, 0.25) is 0 Å². The van der Waals surface area contributed by atoms with Crippen LogP contribution in [0.25, 0.3) is 0 Å². The third-order valence-electron chi connectivity index (χ3n) is 3.34. The van der Waals surface area contributed by atoms with Crippen LogP contribution < -0.4 is 0 Å². The van der Waals surface area contributed by atoms with Crippen molar-refractivity contribution in [3.63, 3.8) is 0 Å². The molecule has 1 saturated heterocycles. The molecule has 0 unspecified atom stereocenters. The van der Waals surface area contributed by atoms with Gasteiger partial charge in [0.1, 0.15) is 0 Å². The highest BCUT2D eigenvalue weighted by atomic mass is 79.9. The van der Waals surface area contributed by atoms with Gasteiger partial charge in [-0.3, -0.25) is 4.79 Å². The lowest BCUT2D eigenvalue weighted by molar-refractivity contribution is -0.171. The van der Waals surface area contributed by atoms with Gasteiger partial charge in [-0.25, -0.2) is 0 Å². The third-order valence-corrected chi connectivity index (χ3v) is 3.99. The number of benzene rings is 1. The fraction of sp³-hybridized carbons (Fsp3) is 0.562. The van der Waals surface area contributed by atoms with Crippen molar-refractivity contribution in [2.24, 2.45) is 0 Å². The van der Waals surface area contributed by atoms with Crippen molar-refractivity contribution in [2.45, 2.75) is 45.8 Å². The lowest BCUT2D eigenvalue weighted by atomic mass is 9.98. The molecule has 0 atom stereocenters. The minimum Gasteiger partial charge on any atom is -0.366 e. The number of rotatable bonds is 1. The Kier molecular flexibility index (Phi) is 4.00. The zero-order valence-electron chi connectivity index (χ0n) is 12.8. The smallest absolute Gasteiger partial charge is 0.255 e. The van der Waals surface area contributed by atoms with E-state index < -0.39 is 0 Å². The molecule has 0 radical (unpaired) electrons. The first-order valence-electron chi connectivity index (χ1n) is 6.85. The number of hydrogen-bond acceptors (Lipinski definition) is 2. The van der Waals surface area contributed by atoms with E-state index in [2.05, 4.69) is 15.9 Å². The van der Waals surface area contributed by atoms with E-state index in [0.29, 0.717) is 18.7 Å². The topological polar surface area (TPSA) is 29.5 Å². The van der Waals surface area contributed by atoms with Gasteiger partial charge in [0.25, 0.3) is 5.91 Å². The molecular weight excluding hydrogens is 318 g/mol. The van der Waals surface area contributed by atoms with Gasteiger partial charge in [-0.1, -0.05) is 6.07 Å². The molecule has 0 N–H and O–H groups in total. The Balaban J connectivity index is 2.28. The monoisotopic (exact) mass is 339 g/mol. The molecule has 1 amide bonds. The van der Waals surface area contributed by atoms with Crippen molar-refractivity contribution in [3.8, 4) is 0 Å². The second kappa shape index (κ2) is 5.15. The summed E-state index contributed by atoms with van der Waals surface area (Å²) in [4.78, 5) is 14.6. The third kappa shape index (κ3) is 3.41. The molecule has 0 spiro atoms. The second-order valence-corrected chi connectivity index (χ2v) is 7.62. The van der Waals surface area contributed by atoms with Gasteiger partial charge in [-0.2, -0.15) is 0 Å². The van der Waals surface area contributed by atoms with E-state index >= 15 is 0 Å². The van der Waals surface area contributed by atoms with E-state index in [9.17, 15) is 4.79 Å². The maximum absolute atomic E-state index is 12.7. The number of halogens is 1. The first kappa shape index (κ1) is 15.5. The van der Waals surface area contributed by atoms with E-state index in [0.717, 1.165) is 10.0 Å². The Bertz CT molecular complexity index is 521. The predicted octanol–water partition coefficient (Wildman–Crippen LogP) is 3.79. The zero-order valence-corrected chi connectivity index (χ0v) is 14.4. The van der Waals surface area contributed by atoms with Crippen LogP contribution >= 0.6 is 15.9 Å². The first-order chi connectivity index (χ1) is 9.10. The van der Waals surface area contributed by atoms with Gasteiger partial charge >= 0.3 is 0 Å². The Morgan fingerprint density at radius 1 is 1.20 bits per heavy atom. The number of amides is 1. The summed E-state index contributed by atoms with van der Waals surface area (Å²) in [7, 11) is 0. The quantitative estimate of drug-likeness (QED) is 0.779. The molecular formula is C16H22BrNO2. The van der Waals surface area contributed by atoms with E-state index in [1.54, 1.807) is 0 Å². The molecule has 0 bridgehead atoms. The molecule has 1 aromatic carbocycles. The molecule has 1 aliphatic heterocycles. The molecule has 3 nitrogen and oxygen atoms in total. The van der Waals surface area contributed by atoms with Crippen molar-refractivity contribution in [1.29, 1.82) is 0 Å². The van der Waals surface area contributed by atoms with Crippen molar-refractivity contribution in [2.75, 3.05) is 13.1 Å². The molecule has 20 heavy (non-hydrogen) atoms. The number of ether oxygens (including phenoxy) is 1. The number of carbonyl (C=O) groups excluding carboxylic acids is 1. The summed E-state index contributed by atoms with van der Waals surface area (Å²) in [6, 6.07) is 5.83.